The van der Waals surface area contributed by atoms with Gasteiger partial charge in [0.1, 0.15) is 5.60 Å². The van der Waals surface area contributed by atoms with Crippen molar-refractivity contribution in [3.8, 4) is 12.3 Å². The minimum atomic E-state index is -0.941. The summed E-state index contributed by atoms with van der Waals surface area (Å²) in [5, 5.41) is 12.1. The van der Waals surface area contributed by atoms with Gasteiger partial charge >= 0.3 is 0 Å². The zero-order valence-corrected chi connectivity index (χ0v) is 5.94. The average molecular weight is 127 g/mol. The van der Waals surface area contributed by atoms with Crippen LogP contribution in [0.2, 0.25) is 0 Å². The molecular weight excluding hydrogens is 114 g/mol. The molecule has 0 heterocycles. The third kappa shape index (κ3) is 4.01. The van der Waals surface area contributed by atoms with Crippen molar-refractivity contribution in [2.75, 3.05) is 13.6 Å². The molecule has 0 aromatic carbocycles. The number of hydrogen-bond donors (Lipinski definition) is 2. The highest BCUT2D eigenvalue weighted by Gasteiger charge is 2.13. The van der Waals surface area contributed by atoms with Crippen LogP contribution in [0.4, 0.5) is 0 Å². The Kier molecular flexibility index (Phi) is 3.29. The van der Waals surface area contributed by atoms with Crippen LogP contribution in [0.5, 0.6) is 0 Å². The van der Waals surface area contributed by atoms with Crippen LogP contribution in [-0.2, 0) is 0 Å². The highest BCUT2D eigenvalue weighted by molar-refractivity contribution is 5.04. The smallest absolute Gasteiger partial charge is 0.123 e. The third-order valence-corrected chi connectivity index (χ3v) is 1.17. The molecule has 0 amide bonds. The van der Waals surface area contributed by atoms with Gasteiger partial charge in [-0.3, -0.25) is 0 Å². The number of aliphatic hydroxyl groups is 1. The molecule has 2 heteroatoms. The van der Waals surface area contributed by atoms with E-state index in [1.165, 1.54) is 0 Å². The van der Waals surface area contributed by atoms with Crippen molar-refractivity contribution >= 4 is 0 Å². The molecule has 52 valence electrons. The van der Waals surface area contributed by atoms with E-state index in [-0.39, 0.29) is 0 Å². The van der Waals surface area contributed by atoms with Gasteiger partial charge in [0.25, 0.3) is 0 Å². The Morgan fingerprint density at radius 3 is 2.67 bits per heavy atom. The lowest BCUT2D eigenvalue weighted by Gasteiger charge is -2.14. The van der Waals surface area contributed by atoms with E-state index in [9.17, 15) is 5.11 Å². The maximum atomic E-state index is 9.18. The van der Waals surface area contributed by atoms with Gasteiger partial charge in [-0.2, -0.15) is 0 Å². The lowest BCUT2D eigenvalue weighted by atomic mass is 10.0. The van der Waals surface area contributed by atoms with E-state index in [2.05, 4.69) is 11.2 Å². The van der Waals surface area contributed by atoms with Crippen LogP contribution < -0.4 is 5.32 Å². The first kappa shape index (κ1) is 8.48. The molecule has 0 saturated carbocycles. The van der Waals surface area contributed by atoms with Gasteiger partial charge in [-0.05, 0) is 26.9 Å². The van der Waals surface area contributed by atoms with Crippen LogP contribution in [0.25, 0.3) is 0 Å². The third-order valence-electron chi connectivity index (χ3n) is 1.17. The topological polar surface area (TPSA) is 32.3 Å². The van der Waals surface area contributed by atoms with Crippen molar-refractivity contribution in [3.63, 3.8) is 0 Å². The van der Waals surface area contributed by atoms with E-state index in [4.69, 9.17) is 6.42 Å². The minimum absolute atomic E-state index is 0.597. The summed E-state index contributed by atoms with van der Waals surface area (Å²) in [4.78, 5) is 0. The minimum Gasteiger partial charge on any atom is -0.378 e. The second-order valence-corrected chi connectivity index (χ2v) is 2.27. The molecule has 0 radical (unpaired) electrons. The first-order valence-corrected chi connectivity index (χ1v) is 2.97. The summed E-state index contributed by atoms with van der Waals surface area (Å²) < 4.78 is 0. The maximum absolute atomic E-state index is 9.18. The summed E-state index contributed by atoms with van der Waals surface area (Å²) in [6.07, 6.45) is 5.62. The molecular formula is C7H13NO. The lowest BCUT2D eigenvalue weighted by molar-refractivity contribution is 0.113. The van der Waals surface area contributed by atoms with Gasteiger partial charge in [0, 0.05) is 0 Å². The molecule has 0 fully saturated rings. The fourth-order valence-electron chi connectivity index (χ4n) is 0.441. The van der Waals surface area contributed by atoms with Gasteiger partial charge in [-0.1, -0.05) is 5.92 Å². The van der Waals surface area contributed by atoms with E-state index >= 15 is 0 Å². The Morgan fingerprint density at radius 2 is 2.33 bits per heavy atom. The summed E-state index contributed by atoms with van der Waals surface area (Å²) in [6.45, 7) is 2.38. The van der Waals surface area contributed by atoms with Crippen LogP contribution in [0.1, 0.15) is 13.3 Å². The molecule has 2 nitrogen and oxygen atoms in total. The molecule has 1 unspecified atom stereocenters. The van der Waals surface area contributed by atoms with Crippen molar-refractivity contribution in [1.29, 1.82) is 0 Å². The quantitative estimate of drug-likeness (QED) is 0.522. The fraction of sp³-hybridized carbons (Fsp3) is 0.714. The Morgan fingerprint density at radius 1 is 1.78 bits per heavy atom. The Labute approximate surface area is 56.3 Å². The second-order valence-electron chi connectivity index (χ2n) is 2.27. The zero-order chi connectivity index (χ0) is 7.33. The molecule has 0 aliphatic carbocycles. The number of hydrogen-bond acceptors (Lipinski definition) is 2. The van der Waals surface area contributed by atoms with Gasteiger partial charge in [0.15, 0.2) is 0 Å². The molecule has 2 N–H and O–H groups in total. The standard InChI is InChI=1S/C7H13NO/c1-4-7(2,9)5-6-8-3/h1,8-9H,5-6H2,2-3H3. The monoisotopic (exact) mass is 127 g/mol. The SMILES string of the molecule is C#CC(C)(O)CCNC. The van der Waals surface area contributed by atoms with Crippen LogP contribution in [0.3, 0.4) is 0 Å². The van der Waals surface area contributed by atoms with Gasteiger partial charge in [0.2, 0.25) is 0 Å². The summed E-state index contributed by atoms with van der Waals surface area (Å²) in [5.41, 5.74) is -0.941. The molecule has 0 aromatic rings. The molecule has 0 saturated heterocycles. The summed E-state index contributed by atoms with van der Waals surface area (Å²) in [7, 11) is 1.83. The van der Waals surface area contributed by atoms with E-state index in [0.717, 1.165) is 6.54 Å². The molecule has 0 spiro atoms. The molecule has 9 heavy (non-hydrogen) atoms. The molecule has 0 aliphatic heterocycles. The molecule has 1 atom stereocenters. The molecule has 0 rings (SSSR count). The summed E-state index contributed by atoms with van der Waals surface area (Å²) >= 11 is 0. The van der Waals surface area contributed by atoms with Gasteiger partial charge in [0.05, 0.1) is 0 Å². The van der Waals surface area contributed by atoms with Crippen LogP contribution in [-0.4, -0.2) is 24.3 Å². The number of nitrogens with one attached hydrogen (secondary N) is 1. The van der Waals surface area contributed by atoms with E-state index < -0.39 is 5.60 Å². The van der Waals surface area contributed by atoms with Crippen molar-refractivity contribution in [2.24, 2.45) is 0 Å². The fourth-order valence-corrected chi connectivity index (χ4v) is 0.441. The first-order chi connectivity index (χ1) is 4.12. The highest BCUT2D eigenvalue weighted by atomic mass is 16.3. The maximum Gasteiger partial charge on any atom is 0.123 e. The van der Waals surface area contributed by atoms with Crippen LogP contribution in [0.15, 0.2) is 0 Å². The second kappa shape index (κ2) is 3.49. The van der Waals surface area contributed by atoms with E-state index in [1.54, 1.807) is 6.92 Å². The first-order valence-electron chi connectivity index (χ1n) is 2.97. The molecule has 0 aliphatic rings. The Hall–Kier alpha value is -0.520. The molecule has 0 aromatic heterocycles. The Bertz CT molecular complexity index is 113. The normalized spacial score (nSPS) is 16.2. The van der Waals surface area contributed by atoms with Crippen molar-refractivity contribution in [1.82, 2.24) is 5.32 Å². The Balaban J connectivity index is 3.49. The van der Waals surface area contributed by atoms with Crippen molar-refractivity contribution in [3.05, 3.63) is 0 Å². The van der Waals surface area contributed by atoms with Gasteiger partial charge < -0.3 is 10.4 Å². The van der Waals surface area contributed by atoms with Crippen LogP contribution in [0, 0.1) is 12.3 Å². The summed E-state index contributed by atoms with van der Waals surface area (Å²) in [5.74, 6) is 2.29. The molecule has 0 bridgehead atoms. The van der Waals surface area contributed by atoms with Crippen molar-refractivity contribution < 1.29 is 5.11 Å². The van der Waals surface area contributed by atoms with Crippen molar-refractivity contribution in [2.45, 2.75) is 18.9 Å². The summed E-state index contributed by atoms with van der Waals surface area (Å²) in [6, 6.07) is 0. The lowest BCUT2D eigenvalue weighted by Crippen LogP contribution is -2.26. The van der Waals surface area contributed by atoms with Gasteiger partial charge in [-0.25, -0.2) is 0 Å². The van der Waals surface area contributed by atoms with E-state index in [1.807, 2.05) is 7.05 Å². The average Bonchev–Trinajstić information content (AvgIpc) is 1.84. The number of terminal acetylenes is 1. The van der Waals surface area contributed by atoms with Gasteiger partial charge in [-0.15, -0.1) is 6.42 Å². The van der Waals surface area contributed by atoms with Crippen LogP contribution >= 0.6 is 0 Å². The predicted octanol–water partition coefficient (Wildman–Crippen LogP) is -0.0199. The number of rotatable bonds is 3. The largest absolute Gasteiger partial charge is 0.378 e. The van der Waals surface area contributed by atoms with E-state index in [0.29, 0.717) is 6.42 Å². The highest BCUT2D eigenvalue weighted by Crippen LogP contribution is 2.04. The zero-order valence-electron chi connectivity index (χ0n) is 5.94. The predicted molar refractivity (Wildman–Crippen MR) is 38.0 cm³/mol.